The zero-order valence-corrected chi connectivity index (χ0v) is 34.3. The molecular weight excluding hydrogens is 1150 g/mol. The Labute approximate surface area is 287 Å². The van der Waals surface area contributed by atoms with Crippen LogP contribution in [0.2, 0.25) is 0 Å². The summed E-state index contributed by atoms with van der Waals surface area (Å²) in [5.41, 5.74) is 2.49. The predicted octanol–water partition coefficient (Wildman–Crippen LogP) is 1.43. The van der Waals surface area contributed by atoms with Crippen LogP contribution in [0.4, 0.5) is 0 Å². The largest absolute Gasteiger partial charge is 0.564 e. The average Bonchev–Trinajstić information content (AvgIpc) is 3.18. The molecule has 208 valence electrons. The Balaban J connectivity index is -0.0000000851. The fourth-order valence-corrected chi connectivity index (χ4v) is 1.99. The Kier molecular flexibility index (Phi) is 32.3. The molecule has 0 aromatic rings. The summed E-state index contributed by atoms with van der Waals surface area (Å²) in [6.07, 6.45) is 0.546. The minimum Gasteiger partial charge on any atom is -0.564 e. The molecule has 14 heteroatoms. The maximum atomic E-state index is 10.9. The number of aliphatic hydroxyl groups excluding tert-OH is 1. The summed E-state index contributed by atoms with van der Waals surface area (Å²) in [6, 6.07) is 0. The van der Waals surface area contributed by atoms with E-state index in [2.05, 4.69) is 5.32 Å². The van der Waals surface area contributed by atoms with E-state index in [0.717, 1.165) is 6.29 Å². The van der Waals surface area contributed by atoms with E-state index in [9.17, 15) is 14.4 Å². The molecule has 2 fully saturated rings. The molecule has 0 bridgehead atoms. The summed E-state index contributed by atoms with van der Waals surface area (Å²) >= 11 is 0. The number of nitrogens with zero attached hydrogens (tertiary/aromatic N) is 1. The Bertz CT molecular complexity index is 658. The number of Topliss-reactive ketones (excluding diaryl/α,β-unsaturated/α-hetero) is 2. The number of hydrogen-bond acceptors (Lipinski definition) is 10. The van der Waals surface area contributed by atoms with E-state index in [1.54, 1.807) is 39.3 Å². The number of ether oxygens (including phenoxy) is 2. The van der Waals surface area contributed by atoms with Gasteiger partial charge in [0.05, 0.1) is 12.5 Å². The molecule has 2 rings (SSSR count). The van der Waals surface area contributed by atoms with Crippen LogP contribution in [-0.2, 0) is 28.7 Å². The van der Waals surface area contributed by atoms with Crippen LogP contribution in [0.25, 0.3) is 0 Å². The van der Waals surface area contributed by atoms with Crippen molar-refractivity contribution in [2.45, 2.75) is 91.9 Å². The number of aldehydes is 1. The number of ketones is 2. The molecule has 0 radical (unpaired) electrons. The molecular formula is C22H42N3O8U3-3. The summed E-state index contributed by atoms with van der Waals surface area (Å²) in [4.78, 5) is 42.5. The first-order valence-electron chi connectivity index (χ1n) is 9.88. The van der Waals surface area contributed by atoms with E-state index < -0.39 is 22.6 Å². The molecule has 2 aliphatic rings. The summed E-state index contributed by atoms with van der Waals surface area (Å²) in [7, 11) is 1.72. The fraction of sp³-hybridized carbons (Fsp3) is 0.682. The van der Waals surface area contributed by atoms with Crippen LogP contribution >= 0.6 is 0 Å². The zero-order valence-electron chi connectivity index (χ0n) is 21.8. The maximum absolute atomic E-state index is 10.9. The van der Waals surface area contributed by atoms with Crippen LogP contribution in [0.3, 0.4) is 0 Å². The van der Waals surface area contributed by atoms with Crippen LogP contribution in [-0.4, -0.2) is 75.1 Å². The van der Waals surface area contributed by atoms with Crippen molar-refractivity contribution in [1.29, 1.82) is 0 Å². The quantitative estimate of drug-likeness (QED) is 0.238. The number of hydrogen-bond donors (Lipinski definition) is 4. The van der Waals surface area contributed by atoms with Crippen LogP contribution in [0.5, 0.6) is 0 Å². The van der Waals surface area contributed by atoms with Gasteiger partial charge in [0.1, 0.15) is 17.9 Å². The molecule has 11 nitrogen and oxygen atoms in total. The molecule has 2 heterocycles. The van der Waals surface area contributed by atoms with Gasteiger partial charge in [-0.1, -0.05) is 28.2 Å². The van der Waals surface area contributed by atoms with Crippen LogP contribution < -0.4 is 11.1 Å². The standard InChI is InChI=1S/C7H12NO3.C7H12NO2.C5H10NO2.C2H4O.CH4.3U/c1-5-8(3)7(2,4-11-5)6(9)10;1-5(9)7(3)4-10-6(2)8-7;1-4(8)5(2,6)3-7;1-2-3;;;;/h4-5H,1-3H3,(H,9,10);4,6,8H,1-3H3;3,7H,6H2,1-2H3;2H,1H3;1H4;;;/q3*-1;;;;;. The van der Waals surface area contributed by atoms with Crippen LogP contribution in [0.1, 0.15) is 62.8 Å². The Morgan fingerprint density at radius 2 is 1.56 bits per heavy atom. The number of nitrogens with one attached hydrogen (secondary N) is 1. The molecule has 0 amide bonds. The van der Waals surface area contributed by atoms with Crippen molar-refractivity contribution in [3.8, 4) is 0 Å². The topological polar surface area (TPSA) is 168 Å². The van der Waals surface area contributed by atoms with Crippen molar-refractivity contribution in [3.63, 3.8) is 0 Å². The van der Waals surface area contributed by atoms with Gasteiger partial charge in [-0.15, -0.1) is 0 Å². The Hall–Kier alpha value is 1.40. The van der Waals surface area contributed by atoms with Crippen molar-refractivity contribution >= 4 is 23.8 Å². The van der Waals surface area contributed by atoms with E-state index in [1.807, 2.05) is 13.8 Å². The number of carboxylic acid groups (broad SMARTS) is 1. The third kappa shape index (κ3) is 17.2. The second kappa shape index (κ2) is 23.1. The first kappa shape index (κ1) is 50.3. The maximum Gasteiger partial charge on any atom is 0.294 e. The van der Waals surface area contributed by atoms with Gasteiger partial charge in [0.2, 0.25) is 0 Å². The molecule has 36 heavy (non-hydrogen) atoms. The van der Waals surface area contributed by atoms with Crippen molar-refractivity contribution in [3.05, 3.63) is 19.8 Å². The van der Waals surface area contributed by atoms with Gasteiger partial charge in [0.15, 0.2) is 0 Å². The van der Waals surface area contributed by atoms with Gasteiger partial charge in [-0.3, -0.25) is 9.69 Å². The van der Waals surface area contributed by atoms with E-state index in [1.165, 1.54) is 27.4 Å². The molecule has 0 aliphatic carbocycles. The average molecular weight is 1190 g/mol. The molecule has 0 saturated carbocycles. The second-order valence-electron chi connectivity index (χ2n) is 7.92. The molecule has 2 saturated heterocycles. The summed E-state index contributed by atoms with van der Waals surface area (Å²) in [5, 5.41) is 20.1. The van der Waals surface area contributed by atoms with Crippen LogP contribution in [0, 0.1) is 113 Å². The molecule has 5 unspecified atom stereocenters. The third-order valence-corrected chi connectivity index (χ3v) is 4.97. The van der Waals surface area contributed by atoms with Gasteiger partial charge >= 0.3 is 0 Å². The van der Waals surface area contributed by atoms with E-state index >= 15 is 0 Å². The fourth-order valence-electron chi connectivity index (χ4n) is 1.99. The minimum atomic E-state index is -1.17. The van der Waals surface area contributed by atoms with Crippen molar-refractivity contribution in [2.75, 3.05) is 7.05 Å². The van der Waals surface area contributed by atoms with Gasteiger partial charge in [0, 0.05) is 98.9 Å². The molecule has 5 atom stereocenters. The van der Waals surface area contributed by atoms with Gasteiger partial charge < -0.3 is 45.1 Å². The predicted molar refractivity (Wildman–Crippen MR) is 124 cm³/mol. The van der Waals surface area contributed by atoms with E-state index in [4.69, 9.17) is 30.2 Å². The van der Waals surface area contributed by atoms with Crippen molar-refractivity contribution in [2.24, 2.45) is 5.73 Å². The molecule has 5 N–H and O–H groups in total. The van der Waals surface area contributed by atoms with Gasteiger partial charge in [0.25, 0.3) is 5.97 Å². The summed E-state index contributed by atoms with van der Waals surface area (Å²) in [6.45, 7) is 16.5. The molecule has 0 spiro atoms. The van der Waals surface area contributed by atoms with Crippen LogP contribution in [0.15, 0.2) is 0 Å². The van der Waals surface area contributed by atoms with Gasteiger partial charge in [-0.2, -0.15) is 19.8 Å². The first-order valence-corrected chi connectivity index (χ1v) is 9.88. The smallest absolute Gasteiger partial charge is 0.294 e. The van der Waals surface area contributed by atoms with Crippen molar-refractivity contribution in [1.82, 2.24) is 10.2 Å². The van der Waals surface area contributed by atoms with Gasteiger partial charge in [-0.05, 0) is 52.7 Å². The van der Waals surface area contributed by atoms with Gasteiger partial charge in [-0.25, -0.2) is 0 Å². The number of carboxylic acids is 1. The molecule has 0 aromatic heterocycles. The number of likely N-dealkylation sites (N-methyl/N-ethyl adjacent to an activating group) is 1. The molecule has 2 aliphatic heterocycles. The number of carbonyl (C=O) groups is 4. The minimum absolute atomic E-state index is 0. The second-order valence-corrected chi connectivity index (χ2v) is 7.92. The number of rotatable bonds is 4. The number of aliphatic carboxylic acids is 1. The Morgan fingerprint density at radius 3 is 1.67 bits per heavy atom. The SMILES string of the molecule is C.CC(=O)C(C)(N)[CH-]O.CC(=O)C1(C)[CH-]OC(C)N1.CC1O[CH-]C(C)(C(=O)O)N1C.CC=O.[U].[U].[U]. The third-order valence-electron chi connectivity index (χ3n) is 4.97. The monoisotopic (exact) mass is 1190 g/mol. The molecule has 0 aromatic carbocycles. The number of carbonyl (C=O) groups excluding carboxylic acids is 3. The van der Waals surface area contributed by atoms with Crippen molar-refractivity contribution < 1.29 is 132 Å². The zero-order chi connectivity index (χ0) is 25.9. The first-order chi connectivity index (χ1) is 14.4. The number of nitrogens with two attached hydrogens (primary N) is 1. The normalized spacial score (nSPS) is 27.4. The van der Waals surface area contributed by atoms with E-state index in [0.29, 0.717) is 6.61 Å². The Morgan fingerprint density at radius 1 is 1.14 bits per heavy atom. The summed E-state index contributed by atoms with van der Waals surface area (Å²) < 4.78 is 10.1. The van der Waals surface area contributed by atoms with E-state index in [-0.39, 0.29) is 125 Å². The summed E-state index contributed by atoms with van der Waals surface area (Å²) in [5.74, 6) is -1.05. The number of aliphatic hydroxyl groups is 1.